The molecule has 0 aliphatic heterocycles. The van der Waals surface area contributed by atoms with Gasteiger partial charge >= 0.3 is 5.97 Å². The van der Waals surface area contributed by atoms with Gasteiger partial charge in [0.05, 0.1) is 31.4 Å². The zero-order valence-electron chi connectivity index (χ0n) is 10.3. The Morgan fingerprint density at radius 3 is 2.58 bits per heavy atom. The molecule has 0 aliphatic rings. The molecule has 1 heterocycles. The normalized spacial score (nSPS) is 11.1. The van der Waals surface area contributed by atoms with Crippen molar-refractivity contribution in [1.29, 1.82) is 0 Å². The van der Waals surface area contributed by atoms with Gasteiger partial charge in [0.1, 0.15) is 5.75 Å². The summed E-state index contributed by atoms with van der Waals surface area (Å²) in [5, 5.41) is 19.4. The lowest BCUT2D eigenvalue weighted by molar-refractivity contribution is -0.131. The Hall–Kier alpha value is -2.63. The van der Waals surface area contributed by atoms with Crippen LogP contribution >= 0.6 is 0 Å². The smallest absolute Gasteiger partial charge is 0.328 e. The van der Waals surface area contributed by atoms with E-state index >= 15 is 0 Å². The van der Waals surface area contributed by atoms with E-state index in [1.165, 1.54) is 26.6 Å². The summed E-state index contributed by atoms with van der Waals surface area (Å²) in [4.78, 5) is 10.6. The number of aromatic hydroxyl groups is 1. The van der Waals surface area contributed by atoms with Crippen LogP contribution < -0.4 is 9.47 Å². The van der Waals surface area contributed by atoms with Gasteiger partial charge in [0.2, 0.25) is 5.75 Å². The van der Waals surface area contributed by atoms with Crippen molar-refractivity contribution >= 4 is 23.0 Å². The van der Waals surface area contributed by atoms with Crippen molar-refractivity contribution in [3.8, 4) is 17.2 Å². The number of ether oxygens (including phenoxy) is 2. The predicted molar refractivity (Wildman–Crippen MR) is 67.7 cm³/mol. The summed E-state index contributed by atoms with van der Waals surface area (Å²) in [5.74, 6) is -0.919. The Kier molecular flexibility index (Phi) is 3.33. The van der Waals surface area contributed by atoms with Crippen LogP contribution in [0.3, 0.4) is 0 Å². The Morgan fingerprint density at radius 2 is 2.00 bits per heavy atom. The SMILES string of the molecule is COc1c(/C=C/C(=O)O)c(O)c(OC)c2occc12. The molecule has 6 heteroatoms. The molecule has 100 valence electrons. The number of furan rings is 1. The standard InChI is InChI=1S/C13H12O6/c1-17-11-7(3-4-9(14)15)10(16)13(18-2)12-8(11)5-6-19-12/h3-6,16H,1-2H3,(H,14,15)/b4-3+. The Labute approximate surface area is 108 Å². The number of carboxylic acids is 1. The van der Waals surface area contributed by atoms with Gasteiger partial charge in [0, 0.05) is 6.08 Å². The van der Waals surface area contributed by atoms with E-state index in [0.717, 1.165) is 6.08 Å². The number of hydrogen-bond acceptors (Lipinski definition) is 5. The maximum Gasteiger partial charge on any atom is 0.328 e. The van der Waals surface area contributed by atoms with E-state index in [2.05, 4.69) is 0 Å². The van der Waals surface area contributed by atoms with Crippen molar-refractivity contribution in [3.63, 3.8) is 0 Å². The molecule has 19 heavy (non-hydrogen) atoms. The minimum atomic E-state index is -1.13. The van der Waals surface area contributed by atoms with Gasteiger partial charge in [0.15, 0.2) is 11.3 Å². The zero-order chi connectivity index (χ0) is 14.0. The first-order valence-corrected chi connectivity index (χ1v) is 5.35. The highest BCUT2D eigenvalue weighted by molar-refractivity contribution is 5.98. The summed E-state index contributed by atoms with van der Waals surface area (Å²) in [7, 11) is 2.81. The number of methoxy groups -OCH3 is 2. The van der Waals surface area contributed by atoms with Crippen molar-refractivity contribution in [2.75, 3.05) is 14.2 Å². The molecular formula is C13H12O6. The van der Waals surface area contributed by atoms with Gasteiger partial charge in [0.25, 0.3) is 0 Å². The lowest BCUT2D eigenvalue weighted by Crippen LogP contribution is -1.94. The summed E-state index contributed by atoms with van der Waals surface area (Å²) in [6.07, 6.45) is 3.58. The minimum Gasteiger partial charge on any atom is -0.504 e. The fourth-order valence-electron chi connectivity index (χ4n) is 1.86. The molecule has 2 N–H and O–H groups in total. The maximum absolute atomic E-state index is 10.6. The first-order chi connectivity index (χ1) is 9.10. The van der Waals surface area contributed by atoms with Crippen LogP contribution in [-0.2, 0) is 4.79 Å². The number of benzene rings is 1. The Bertz CT molecular complexity index is 653. The summed E-state index contributed by atoms with van der Waals surface area (Å²) in [5.41, 5.74) is 0.556. The lowest BCUT2D eigenvalue weighted by atomic mass is 10.1. The van der Waals surface area contributed by atoms with Crippen molar-refractivity contribution in [2.45, 2.75) is 0 Å². The fraction of sp³-hybridized carbons (Fsp3) is 0.154. The first kappa shape index (κ1) is 12.8. The monoisotopic (exact) mass is 264 g/mol. The lowest BCUT2D eigenvalue weighted by Gasteiger charge is -2.12. The fourth-order valence-corrected chi connectivity index (χ4v) is 1.86. The molecule has 0 aliphatic carbocycles. The number of fused-ring (bicyclic) bond motifs is 1. The van der Waals surface area contributed by atoms with E-state index in [1.807, 2.05) is 0 Å². The average Bonchev–Trinajstić information content (AvgIpc) is 2.84. The molecule has 0 unspecified atom stereocenters. The summed E-state index contributed by atoms with van der Waals surface area (Å²) < 4.78 is 15.5. The Balaban J connectivity index is 2.79. The summed E-state index contributed by atoms with van der Waals surface area (Å²) in [6.45, 7) is 0. The second-order valence-corrected chi connectivity index (χ2v) is 3.66. The largest absolute Gasteiger partial charge is 0.504 e. The zero-order valence-corrected chi connectivity index (χ0v) is 10.3. The van der Waals surface area contributed by atoms with E-state index in [4.69, 9.17) is 19.0 Å². The molecule has 0 spiro atoms. The summed E-state index contributed by atoms with van der Waals surface area (Å²) >= 11 is 0. The van der Waals surface area contributed by atoms with Crippen LogP contribution in [0.25, 0.3) is 17.0 Å². The van der Waals surface area contributed by atoms with E-state index in [0.29, 0.717) is 16.7 Å². The molecule has 2 aromatic rings. The molecule has 6 nitrogen and oxygen atoms in total. The third-order valence-electron chi connectivity index (χ3n) is 2.63. The van der Waals surface area contributed by atoms with Crippen molar-refractivity contribution in [3.05, 3.63) is 24.0 Å². The predicted octanol–water partition coefficient (Wildman–Crippen LogP) is 2.25. The van der Waals surface area contributed by atoms with E-state index < -0.39 is 5.97 Å². The van der Waals surface area contributed by atoms with Crippen LogP contribution in [0, 0.1) is 0 Å². The topological polar surface area (TPSA) is 89.1 Å². The number of phenolic OH excluding ortho intramolecular Hbond substituents is 1. The second kappa shape index (κ2) is 4.93. The molecule has 0 bridgehead atoms. The van der Waals surface area contributed by atoms with Crippen LogP contribution in [0.2, 0.25) is 0 Å². The molecule has 0 amide bonds. The van der Waals surface area contributed by atoms with Gasteiger partial charge in [-0.1, -0.05) is 0 Å². The van der Waals surface area contributed by atoms with E-state index in [9.17, 15) is 9.90 Å². The average molecular weight is 264 g/mol. The molecule has 0 fully saturated rings. The first-order valence-electron chi connectivity index (χ1n) is 5.35. The molecule has 2 rings (SSSR count). The van der Waals surface area contributed by atoms with Crippen LogP contribution in [0.5, 0.6) is 17.2 Å². The van der Waals surface area contributed by atoms with Gasteiger partial charge in [-0.3, -0.25) is 0 Å². The van der Waals surface area contributed by atoms with Crippen molar-refractivity contribution in [1.82, 2.24) is 0 Å². The highest BCUT2D eigenvalue weighted by Crippen LogP contribution is 2.46. The number of phenols is 1. The second-order valence-electron chi connectivity index (χ2n) is 3.66. The van der Waals surface area contributed by atoms with Gasteiger partial charge in [-0.25, -0.2) is 4.79 Å². The van der Waals surface area contributed by atoms with Crippen LogP contribution in [0.4, 0.5) is 0 Å². The molecule has 0 radical (unpaired) electrons. The molecular weight excluding hydrogens is 252 g/mol. The highest BCUT2D eigenvalue weighted by Gasteiger charge is 2.21. The maximum atomic E-state index is 10.6. The third kappa shape index (κ3) is 2.08. The van der Waals surface area contributed by atoms with Crippen LogP contribution in [0.15, 0.2) is 22.8 Å². The highest BCUT2D eigenvalue weighted by atomic mass is 16.5. The molecule has 0 saturated heterocycles. The Morgan fingerprint density at radius 1 is 1.32 bits per heavy atom. The number of rotatable bonds is 4. The van der Waals surface area contributed by atoms with E-state index in [-0.39, 0.29) is 17.1 Å². The number of carbonyl (C=O) groups is 1. The van der Waals surface area contributed by atoms with Gasteiger partial charge in [-0.2, -0.15) is 0 Å². The van der Waals surface area contributed by atoms with Crippen LogP contribution in [-0.4, -0.2) is 30.4 Å². The number of carboxylic acid groups (broad SMARTS) is 1. The van der Waals surface area contributed by atoms with Crippen LogP contribution in [0.1, 0.15) is 5.56 Å². The van der Waals surface area contributed by atoms with E-state index in [1.54, 1.807) is 6.07 Å². The third-order valence-corrected chi connectivity index (χ3v) is 2.63. The molecule has 1 aromatic carbocycles. The molecule has 0 atom stereocenters. The number of hydrogen-bond donors (Lipinski definition) is 2. The quantitative estimate of drug-likeness (QED) is 0.823. The summed E-state index contributed by atoms with van der Waals surface area (Å²) in [6, 6.07) is 1.65. The van der Waals surface area contributed by atoms with Gasteiger partial charge < -0.3 is 24.1 Å². The minimum absolute atomic E-state index is 0.130. The number of aliphatic carboxylic acids is 1. The van der Waals surface area contributed by atoms with Crippen molar-refractivity contribution < 1.29 is 28.9 Å². The van der Waals surface area contributed by atoms with Gasteiger partial charge in [-0.15, -0.1) is 0 Å². The van der Waals surface area contributed by atoms with Gasteiger partial charge in [-0.05, 0) is 12.1 Å². The molecule has 1 aromatic heterocycles. The van der Waals surface area contributed by atoms with Crippen molar-refractivity contribution in [2.24, 2.45) is 0 Å². The molecule has 0 saturated carbocycles.